The maximum atomic E-state index is 8.88. The third-order valence-electron chi connectivity index (χ3n) is 5.94. The van der Waals surface area contributed by atoms with E-state index in [2.05, 4.69) is 4.98 Å². The largest absolute Gasteiger partial charge is 0.454 e. The molecule has 5 rings (SSSR count). The zero-order valence-corrected chi connectivity index (χ0v) is 22.1. The van der Waals surface area contributed by atoms with Gasteiger partial charge < -0.3 is 14.9 Å². The Balaban J connectivity index is 1.64. The van der Waals surface area contributed by atoms with E-state index in [4.69, 9.17) is 26.7 Å². The van der Waals surface area contributed by atoms with E-state index in [1.807, 2.05) is 51.1 Å². The van der Waals surface area contributed by atoms with Crippen LogP contribution in [-0.2, 0) is 11.8 Å². The van der Waals surface area contributed by atoms with Gasteiger partial charge in [0, 0.05) is 29.4 Å². The van der Waals surface area contributed by atoms with Crippen LogP contribution in [0.15, 0.2) is 65.2 Å². The molecule has 37 heavy (non-hydrogen) atoms. The summed E-state index contributed by atoms with van der Waals surface area (Å²) in [5, 5.41) is 1.84. The molecule has 0 amide bonds. The number of pyridine rings is 1. The summed E-state index contributed by atoms with van der Waals surface area (Å²) in [6.07, 6.45) is -0.735. The molecule has 0 fully saturated rings. The normalized spacial score (nSPS) is 15.1. The first kappa shape index (κ1) is 19.3. The van der Waals surface area contributed by atoms with Crippen LogP contribution in [-0.4, -0.2) is 9.97 Å². The fourth-order valence-corrected chi connectivity index (χ4v) is 4.17. The number of benzene rings is 3. The standard InChI is InChI=1S/C32H35N3O2/c1-19-18-34-26(15-21(19)17-31(2,3)4)23-9-8-10-25(33)29(23)36-22-13-11-20-12-14-27-28(24(20)16-22)35-30(37-27)32(5,6)7/h8-16,18H,17,33H2,1-7H3/i1D3,17D2. The second kappa shape index (κ2) is 8.91. The van der Waals surface area contributed by atoms with Gasteiger partial charge in [-0.15, -0.1) is 0 Å². The molecule has 0 radical (unpaired) electrons. The highest BCUT2D eigenvalue weighted by atomic mass is 16.5. The van der Waals surface area contributed by atoms with E-state index in [0.29, 0.717) is 39.9 Å². The number of oxazole rings is 1. The van der Waals surface area contributed by atoms with Gasteiger partial charge in [-0.2, -0.15) is 0 Å². The van der Waals surface area contributed by atoms with Crippen molar-refractivity contribution in [3.05, 3.63) is 77.8 Å². The molecule has 5 aromatic rings. The third-order valence-corrected chi connectivity index (χ3v) is 5.94. The topological polar surface area (TPSA) is 74.2 Å². The number of nitrogens with zero attached hydrogens (tertiary/aromatic N) is 2. The van der Waals surface area contributed by atoms with Gasteiger partial charge in [0.05, 0.1) is 11.4 Å². The minimum absolute atomic E-state index is 0.0576. The number of hydrogen-bond donors (Lipinski definition) is 1. The number of nitrogens with two attached hydrogens (primary N) is 1. The van der Waals surface area contributed by atoms with E-state index < -0.39 is 18.6 Å². The number of fused-ring (bicyclic) bond motifs is 3. The molecule has 2 aromatic heterocycles. The average Bonchev–Trinajstić information content (AvgIpc) is 3.34. The maximum absolute atomic E-state index is 8.88. The molecule has 2 heterocycles. The van der Waals surface area contributed by atoms with Crippen molar-refractivity contribution in [3.63, 3.8) is 0 Å². The Bertz CT molecular complexity index is 1810. The lowest BCUT2D eigenvalue weighted by molar-refractivity contribution is 0.410. The summed E-state index contributed by atoms with van der Waals surface area (Å²) in [4.78, 5) is 9.23. The van der Waals surface area contributed by atoms with Gasteiger partial charge in [0.25, 0.3) is 0 Å². The van der Waals surface area contributed by atoms with Gasteiger partial charge in [-0.1, -0.05) is 59.7 Å². The highest BCUT2D eigenvalue weighted by molar-refractivity contribution is 6.04. The Hall–Kier alpha value is -3.86. The van der Waals surface area contributed by atoms with Crippen molar-refractivity contribution in [1.82, 2.24) is 9.97 Å². The van der Waals surface area contributed by atoms with Crippen molar-refractivity contribution in [2.24, 2.45) is 5.41 Å². The summed E-state index contributed by atoms with van der Waals surface area (Å²) >= 11 is 0. The molecule has 5 nitrogen and oxygen atoms in total. The maximum Gasteiger partial charge on any atom is 0.200 e. The van der Waals surface area contributed by atoms with Gasteiger partial charge in [0.1, 0.15) is 11.3 Å². The molecule has 0 aliphatic heterocycles. The smallest absolute Gasteiger partial charge is 0.200 e. The van der Waals surface area contributed by atoms with Gasteiger partial charge in [-0.05, 0) is 71.6 Å². The Labute approximate surface area is 225 Å². The van der Waals surface area contributed by atoms with E-state index in [1.54, 1.807) is 39.0 Å². The molecule has 5 heteroatoms. The first-order valence-electron chi connectivity index (χ1n) is 14.8. The Morgan fingerprint density at radius 3 is 2.54 bits per heavy atom. The van der Waals surface area contributed by atoms with Gasteiger partial charge in [0.2, 0.25) is 5.89 Å². The molecule has 0 aliphatic carbocycles. The molecule has 0 aliphatic rings. The van der Waals surface area contributed by atoms with Crippen LogP contribution in [0.5, 0.6) is 11.5 Å². The van der Waals surface area contributed by atoms with Crippen molar-refractivity contribution in [3.8, 4) is 22.8 Å². The van der Waals surface area contributed by atoms with Gasteiger partial charge >= 0.3 is 0 Å². The summed E-state index contributed by atoms with van der Waals surface area (Å²) < 4.78 is 54.3. The molecule has 0 saturated carbocycles. The summed E-state index contributed by atoms with van der Waals surface area (Å²) in [6, 6.07) is 16.3. The highest BCUT2D eigenvalue weighted by Gasteiger charge is 2.22. The minimum atomic E-state index is -2.54. The zero-order valence-electron chi connectivity index (χ0n) is 27.1. The SMILES string of the molecule is [2H]C([2H])([2H])c1cnc(-c2cccc(N)c2Oc2ccc3ccc4oc(C(C)(C)C)nc4c3c2)cc1C([2H])([2H])C(C)(C)C. The van der Waals surface area contributed by atoms with E-state index in [1.165, 1.54) is 12.3 Å². The fourth-order valence-electron chi connectivity index (χ4n) is 4.17. The lowest BCUT2D eigenvalue weighted by Gasteiger charge is -2.20. The van der Waals surface area contributed by atoms with Gasteiger partial charge in [0.15, 0.2) is 11.3 Å². The van der Waals surface area contributed by atoms with E-state index in [0.717, 1.165) is 16.3 Å². The van der Waals surface area contributed by atoms with Gasteiger partial charge in [-0.3, -0.25) is 4.98 Å². The number of anilines is 1. The number of aryl methyl sites for hydroxylation is 1. The van der Waals surface area contributed by atoms with E-state index in [-0.39, 0.29) is 16.5 Å². The predicted octanol–water partition coefficient (Wildman–Crippen LogP) is 8.61. The van der Waals surface area contributed by atoms with E-state index >= 15 is 0 Å². The van der Waals surface area contributed by atoms with Crippen LogP contribution in [0.4, 0.5) is 5.69 Å². The van der Waals surface area contributed by atoms with Crippen LogP contribution in [0, 0.1) is 12.3 Å². The summed E-state index contributed by atoms with van der Waals surface area (Å²) in [5.74, 6) is 1.48. The van der Waals surface area contributed by atoms with Crippen molar-refractivity contribution >= 4 is 27.6 Å². The van der Waals surface area contributed by atoms with Crippen LogP contribution >= 0.6 is 0 Å². The molecule has 2 N–H and O–H groups in total. The van der Waals surface area contributed by atoms with Crippen LogP contribution < -0.4 is 10.5 Å². The third kappa shape index (κ3) is 5.04. The van der Waals surface area contributed by atoms with Crippen LogP contribution in [0.3, 0.4) is 0 Å². The molecule has 0 atom stereocenters. The summed E-state index contributed by atoms with van der Waals surface area (Å²) in [7, 11) is 0. The molecule has 0 bridgehead atoms. The van der Waals surface area contributed by atoms with Gasteiger partial charge in [-0.25, -0.2) is 4.98 Å². The first-order chi connectivity index (χ1) is 19.4. The van der Waals surface area contributed by atoms with Crippen LogP contribution in [0.2, 0.25) is 0 Å². The molecule has 0 spiro atoms. The molecule has 0 saturated heterocycles. The van der Waals surface area contributed by atoms with Crippen molar-refractivity contribution in [2.45, 2.75) is 60.2 Å². The molecular formula is C32H35N3O2. The van der Waals surface area contributed by atoms with Crippen molar-refractivity contribution < 1.29 is 16.0 Å². The number of nitrogen functional groups attached to an aromatic ring is 1. The van der Waals surface area contributed by atoms with E-state index in [9.17, 15) is 0 Å². The van der Waals surface area contributed by atoms with Crippen molar-refractivity contribution in [1.29, 1.82) is 0 Å². The molecule has 3 aromatic carbocycles. The predicted molar refractivity (Wildman–Crippen MR) is 152 cm³/mol. The second-order valence-electron chi connectivity index (χ2n) is 11.4. The molecule has 0 unspecified atom stereocenters. The zero-order chi connectivity index (χ0) is 30.8. The van der Waals surface area contributed by atoms with Crippen LogP contribution in [0.1, 0.15) is 65.4 Å². The fraction of sp³-hybridized carbons (Fsp3) is 0.312. The second-order valence-corrected chi connectivity index (χ2v) is 11.4. The Morgan fingerprint density at radius 1 is 1.03 bits per heavy atom. The number of hydrogen-bond acceptors (Lipinski definition) is 5. The quantitative estimate of drug-likeness (QED) is 0.251. The number of aromatic nitrogens is 2. The average molecular weight is 499 g/mol. The Kier molecular flexibility index (Phi) is 4.64. The van der Waals surface area contributed by atoms with Crippen molar-refractivity contribution in [2.75, 3.05) is 5.73 Å². The number of rotatable bonds is 4. The lowest BCUT2D eigenvalue weighted by atomic mass is 9.86. The summed E-state index contributed by atoms with van der Waals surface area (Å²) in [6.45, 7) is 8.81. The Morgan fingerprint density at radius 2 is 1.81 bits per heavy atom. The highest BCUT2D eigenvalue weighted by Crippen LogP contribution is 2.40. The minimum Gasteiger partial charge on any atom is -0.454 e. The number of ether oxygens (including phenoxy) is 1. The molecule has 190 valence electrons. The monoisotopic (exact) mass is 498 g/mol. The summed E-state index contributed by atoms with van der Waals surface area (Å²) in [5.41, 5.74) is 7.83. The van der Waals surface area contributed by atoms with Crippen LogP contribution in [0.25, 0.3) is 33.1 Å². The lowest BCUT2D eigenvalue weighted by Crippen LogP contribution is -2.10. The molecular weight excluding hydrogens is 458 g/mol. The number of para-hydroxylation sites is 1. The first-order valence-corrected chi connectivity index (χ1v) is 12.3.